The summed E-state index contributed by atoms with van der Waals surface area (Å²) in [5, 5.41) is 3.31. The third-order valence-corrected chi connectivity index (χ3v) is 3.64. The number of halogens is 1. The predicted octanol–water partition coefficient (Wildman–Crippen LogP) is 2.77. The highest BCUT2D eigenvalue weighted by Gasteiger charge is 2.22. The van der Waals surface area contributed by atoms with Gasteiger partial charge in [-0.15, -0.1) is 18.8 Å². The van der Waals surface area contributed by atoms with Crippen molar-refractivity contribution in [2.75, 3.05) is 20.1 Å². The summed E-state index contributed by atoms with van der Waals surface area (Å²) in [6.07, 6.45) is 7.01. The molecule has 114 valence electrons. The van der Waals surface area contributed by atoms with Crippen LogP contribution in [0.15, 0.2) is 18.2 Å². The summed E-state index contributed by atoms with van der Waals surface area (Å²) < 4.78 is 5.36. The number of carbonyl (C=O) groups excluding carboxylic acids is 1. The van der Waals surface area contributed by atoms with Crippen LogP contribution in [0.3, 0.4) is 0 Å². The number of carbonyl (C=O) groups is 1. The lowest BCUT2D eigenvalue weighted by Gasteiger charge is -2.16. The van der Waals surface area contributed by atoms with Crippen LogP contribution in [0, 0.1) is 12.3 Å². The van der Waals surface area contributed by atoms with Gasteiger partial charge in [-0.05, 0) is 43.0 Å². The number of hydrogen-bond acceptors (Lipinski definition) is 3. The van der Waals surface area contributed by atoms with E-state index in [0.29, 0.717) is 18.8 Å². The first-order valence-electron chi connectivity index (χ1n) is 6.88. The summed E-state index contributed by atoms with van der Waals surface area (Å²) in [5.41, 5.74) is 2.48. The standard InChI is InChI=1S/C16H20N2O2.ClH/c1-4-10-17-15-9-7-12-6-8-13(11-14(12)15)20-16(19)18(3)5-2;/h1,6,8,11,15,17H,5,7,9-10H2,2-3H3;1H/t15-;/m0./s1. The van der Waals surface area contributed by atoms with Crippen molar-refractivity contribution in [3.05, 3.63) is 29.3 Å². The Hall–Kier alpha value is -1.70. The fourth-order valence-electron chi connectivity index (χ4n) is 2.35. The minimum atomic E-state index is -0.335. The first-order chi connectivity index (χ1) is 9.65. The maximum Gasteiger partial charge on any atom is 0.414 e. The van der Waals surface area contributed by atoms with Crippen molar-refractivity contribution in [3.8, 4) is 18.1 Å². The molecule has 1 amide bonds. The van der Waals surface area contributed by atoms with Crippen LogP contribution >= 0.6 is 12.4 Å². The van der Waals surface area contributed by atoms with Gasteiger partial charge in [0.1, 0.15) is 5.75 Å². The number of amides is 1. The van der Waals surface area contributed by atoms with E-state index in [1.54, 1.807) is 7.05 Å². The van der Waals surface area contributed by atoms with Gasteiger partial charge in [0.25, 0.3) is 0 Å². The fourth-order valence-corrected chi connectivity index (χ4v) is 2.35. The van der Waals surface area contributed by atoms with E-state index in [-0.39, 0.29) is 24.5 Å². The zero-order valence-corrected chi connectivity index (χ0v) is 13.2. The summed E-state index contributed by atoms with van der Waals surface area (Å²) >= 11 is 0. The van der Waals surface area contributed by atoms with Gasteiger partial charge in [-0.3, -0.25) is 5.32 Å². The minimum absolute atomic E-state index is 0. The second-order valence-electron chi connectivity index (χ2n) is 4.92. The Labute approximate surface area is 132 Å². The molecule has 0 radical (unpaired) electrons. The van der Waals surface area contributed by atoms with Crippen LogP contribution in [0.25, 0.3) is 0 Å². The van der Waals surface area contributed by atoms with Gasteiger partial charge in [0, 0.05) is 19.6 Å². The first-order valence-corrected chi connectivity index (χ1v) is 6.88. The van der Waals surface area contributed by atoms with Crippen LogP contribution in [-0.4, -0.2) is 31.1 Å². The molecule has 2 rings (SSSR count). The third-order valence-electron chi connectivity index (χ3n) is 3.64. The predicted molar refractivity (Wildman–Crippen MR) is 85.9 cm³/mol. The number of hydrogen-bond donors (Lipinski definition) is 1. The lowest BCUT2D eigenvalue weighted by atomic mass is 10.1. The lowest BCUT2D eigenvalue weighted by Crippen LogP contribution is -2.29. The largest absolute Gasteiger partial charge is 0.414 e. The monoisotopic (exact) mass is 308 g/mol. The number of nitrogens with zero attached hydrogens (tertiary/aromatic N) is 1. The molecule has 0 aliphatic heterocycles. The summed E-state index contributed by atoms with van der Waals surface area (Å²) in [6.45, 7) is 3.08. The van der Waals surface area contributed by atoms with E-state index in [4.69, 9.17) is 11.2 Å². The third kappa shape index (κ3) is 4.13. The lowest BCUT2D eigenvalue weighted by molar-refractivity contribution is 0.165. The van der Waals surface area contributed by atoms with Crippen LogP contribution in [-0.2, 0) is 6.42 Å². The Morgan fingerprint density at radius 2 is 2.33 bits per heavy atom. The van der Waals surface area contributed by atoms with E-state index in [0.717, 1.165) is 12.8 Å². The van der Waals surface area contributed by atoms with Gasteiger partial charge >= 0.3 is 6.09 Å². The molecular formula is C16H21ClN2O2. The van der Waals surface area contributed by atoms with E-state index >= 15 is 0 Å². The van der Waals surface area contributed by atoms with E-state index in [1.807, 2.05) is 25.1 Å². The molecule has 0 bridgehead atoms. The number of benzene rings is 1. The van der Waals surface area contributed by atoms with Crippen molar-refractivity contribution in [2.24, 2.45) is 0 Å². The molecule has 1 N–H and O–H groups in total. The SMILES string of the molecule is C#CCN[C@H]1CCc2ccc(OC(=O)N(C)CC)cc21.Cl. The zero-order chi connectivity index (χ0) is 14.5. The number of fused-ring (bicyclic) bond motifs is 1. The molecule has 1 aromatic rings. The molecule has 1 aliphatic carbocycles. The second-order valence-corrected chi connectivity index (χ2v) is 4.92. The average Bonchev–Trinajstić information content (AvgIpc) is 2.86. The van der Waals surface area contributed by atoms with Crippen molar-refractivity contribution in [2.45, 2.75) is 25.8 Å². The summed E-state index contributed by atoms with van der Waals surface area (Å²) in [7, 11) is 1.72. The van der Waals surface area contributed by atoms with Crippen LogP contribution in [0.1, 0.15) is 30.5 Å². The Balaban J connectivity index is 0.00000220. The average molecular weight is 309 g/mol. The summed E-state index contributed by atoms with van der Waals surface area (Å²) in [5.74, 6) is 3.18. The molecule has 0 heterocycles. The topological polar surface area (TPSA) is 41.6 Å². The molecule has 0 spiro atoms. The van der Waals surface area contributed by atoms with Gasteiger partial charge in [-0.1, -0.05) is 12.0 Å². The highest BCUT2D eigenvalue weighted by molar-refractivity contribution is 5.85. The number of terminal acetylenes is 1. The number of aryl methyl sites for hydroxylation is 1. The Morgan fingerprint density at radius 3 is 3.00 bits per heavy atom. The van der Waals surface area contributed by atoms with Crippen LogP contribution < -0.4 is 10.1 Å². The van der Waals surface area contributed by atoms with Crippen LogP contribution in [0.4, 0.5) is 4.79 Å². The number of nitrogens with one attached hydrogen (secondary N) is 1. The zero-order valence-electron chi connectivity index (χ0n) is 12.4. The molecule has 0 saturated carbocycles. The maximum absolute atomic E-state index is 11.8. The molecule has 5 heteroatoms. The Morgan fingerprint density at radius 1 is 1.57 bits per heavy atom. The molecule has 0 aromatic heterocycles. The van der Waals surface area contributed by atoms with Crippen LogP contribution in [0.2, 0.25) is 0 Å². The summed E-state index contributed by atoms with van der Waals surface area (Å²) in [4.78, 5) is 13.3. The molecule has 4 nitrogen and oxygen atoms in total. The minimum Gasteiger partial charge on any atom is -0.410 e. The molecule has 1 atom stereocenters. The van der Waals surface area contributed by atoms with Crippen LogP contribution in [0.5, 0.6) is 5.75 Å². The van der Waals surface area contributed by atoms with Crippen molar-refractivity contribution in [3.63, 3.8) is 0 Å². The van der Waals surface area contributed by atoms with Gasteiger partial charge in [0.15, 0.2) is 0 Å². The normalized spacial score (nSPS) is 15.6. The van der Waals surface area contributed by atoms with E-state index in [1.165, 1.54) is 16.0 Å². The molecule has 1 aromatic carbocycles. The summed E-state index contributed by atoms with van der Waals surface area (Å²) in [6, 6.07) is 6.08. The highest BCUT2D eigenvalue weighted by atomic mass is 35.5. The van der Waals surface area contributed by atoms with Gasteiger partial charge < -0.3 is 9.64 Å². The highest BCUT2D eigenvalue weighted by Crippen LogP contribution is 2.33. The molecule has 0 saturated heterocycles. The Bertz CT molecular complexity index is 540. The van der Waals surface area contributed by atoms with Gasteiger partial charge in [0.2, 0.25) is 0 Å². The van der Waals surface area contributed by atoms with Gasteiger partial charge in [0.05, 0.1) is 6.54 Å². The molecule has 0 fully saturated rings. The van der Waals surface area contributed by atoms with Crippen molar-refractivity contribution in [1.82, 2.24) is 10.2 Å². The molecular weight excluding hydrogens is 288 g/mol. The molecule has 21 heavy (non-hydrogen) atoms. The quantitative estimate of drug-likeness (QED) is 0.870. The fraction of sp³-hybridized carbons (Fsp3) is 0.438. The first kappa shape index (κ1) is 17.4. The number of ether oxygens (including phenoxy) is 1. The number of rotatable bonds is 4. The van der Waals surface area contributed by atoms with E-state index < -0.39 is 0 Å². The van der Waals surface area contributed by atoms with Gasteiger partial charge in [-0.2, -0.15) is 0 Å². The van der Waals surface area contributed by atoms with E-state index in [2.05, 4.69) is 11.2 Å². The van der Waals surface area contributed by atoms with E-state index in [9.17, 15) is 4.79 Å². The molecule has 0 unspecified atom stereocenters. The maximum atomic E-state index is 11.8. The second kappa shape index (κ2) is 7.92. The smallest absolute Gasteiger partial charge is 0.410 e. The van der Waals surface area contributed by atoms with Crippen molar-refractivity contribution < 1.29 is 9.53 Å². The van der Waals surface area contributed by atoms with Crippen molar-refractivity contribution in [1.29, 1.82) is 0 Å². The van der Waals surface area contributed by atoms with Gasteiger partial charge in [-0.25, -0.2) is 4.79 Å². The molecule has 1 aliphatic rings. The van der Waals surface area contributed by atoms with Crippen molar-refractivity contribution >= 4 is 18.5 Å². The Kier molecular flexibility index (Phi) is 6.54.